The van der Waals surface area contributed by atoms with Crippen molar-refractivity contribution in [3.05, 3.63) is 106 Å². The molecule has 38 heavy (non-hydrogen) atoms. The van der Waals surface area contributed by atoms with Crippen molar-refractivity contribution in [1.29, 1.82) is 0 Å². The highest BCUT2D eigenvalue weighted by atomic mass is 32.1. The fourth-order valence-electron chi connectivity index (χ4n) is 5.18. The lowest BCUT2D eigenvalue weighted by Crippen LogP contribution is -2.30. The standard InChI is InChI=1S/C28H27N5O4S/c1-17-15-20(18(2)31(17)23-16-19(33(34)35)12-13-25(23)37-4)27-26(21-9-7-8-14-29-21)30-28(38)32(27)22-10-5-6-11-24(22)36-3/h5-16,26-27H,1-4H3,(H,30,38). The maximum Gasteiger partial charge on any atom is 0.271 e. The summed E-state index contributed by atoms with van der Waals surface area (Å²) in [5, 5.41) is 15.6. The van der Waals surface area contributed by atoms with Gasteiger partial charge in [-0.2, -0.15) is 0 Å². The zero-order valence-electron chi connectivity index (χ0n) is 21.4. The molecule has 1 aliphatic heterocycles. The summed E-state index contributed by atoms with van der Waals surface area (Å²) < 4.78 is 13.3. The number of aromatic nitrogens is 2. The normalized spacial score (nSPS) is 16.8. The molecule has 10 heteroatoms. The van der Waals surface area contributed by atoms with Crippen molar-refractivity contribution in [2.45, 2.75) is 25.9 Å². The number of hydrogen-bond donors (Lipinski definition) is 1. The number of nitrogens with one attached hydrogen (secondary N) is 1. The SMILES string of the molecule is COc1ccccc1N1C(=S)NC(c2ccccn2)C1c1cc(C)n(-c2cc([N+](=O)[O-])ccc2OC)c1C. The van der Waals surface area contributed by atoms with Gasteiger partial charge in [0, 0.05) is 29.7 Å². The molecular formula is C28H27N5O4S. The van der Waals surface area contributed by atoms with Crippen molar-refractivity contribution in [2.24, 2.45) is 0 Å². The molecule has 1 aliphatic rings. The van der Waals surface area contributed by atoms with Crippen LogP contribution in [0.1, 0.15) is 34.7 Å². The van der Waals surface area contributed by atoms with E-state index in [9.17, 15) is 10.1 Å². The van der Waals surface area contributed by atoms with Gasteiger partial charge in [0.2, 0.25) is 0 Å². The van der Waals surface area contributed by atoms with E-state index in [1.165, 1.54) is 12.1 Å². The number of benzene rings is 2. The van der Waals surface area contributed by atoms with Crippen molar-refractivity contribution in [3.8, 4) is 17.2 Å². The summed E-state index contributed by atoms with van der Waals surface area (Å²) in [6, 6.07) is 19.7. The van der Waals surface area contributed by atoms with Crippen LogP contribution < -0.4 is 19.7 Å². The molecule has 5 rings (SSSR count). The molecule has 0 bridgehead atoms. The van der Waals surface area contributed by atoms with Crippen LogP contribution in [0.25, 0.3) is 5.69 Å². The van der Waals surface area contributed by atoms with Gasteiger partial charge in [-0.15, -0.1) is 0 Å². The van der Waals surface area contributed by atoms with Crippen molar-refractivity contribution in [2.75, 3.05) is 19.1 Å². The van der Waals surface area contributed by atoms with E-state index < -0.39 is 4.92 Å². The summed E-state index contributed by atoms with van der Waals surface area (Å²) in [5.74, 6) is 1.23. The Hall–Kier alpha value is -4.44. The summed E-state index contributed by atoms with van der Waals surface area (Å²) in [6.07, 6.45) is 1.76. The fourth-order valence-corrected chi connectivity index (χ4v) is 5.52. The second-order valence-electron chi connectivity index (χ2n) is 8.94. The Balaban J connectivity index is 1.73. The van der Waals surface area contributed by atoms with Gasteiger partial charge >= 0.3 is 0 Å². The number of para-hydroxylation sites is 2. The Morgan fingerprint density at radius 2 is 1.68 bits per heavy atom. The summed E-state index contributed by atoms with van der Waals surface area (Å²) in [4.78, 5) is 17.9. The van der Waals surface area contributed by atoms with Gasteiger partial charge in [0.25, 0.3) is 5.69 Å². The van der Waals surface area contributed by atoms with E-state index in [4.69, 9.17) is 21.7 Å². The van der Waals surface area contributed by atoms with E-state index in [0.29, 0.717) is 22.3 Å². The number of nitro benzene ring substituents is 1. The molecule has 0 radical (unpaired) electrons. The van der Waals surface area contributed by atoms with Crippen molar-refractivity contribution >= 4 is 28.7 Å². The Morgan fingerprint density at radius 3 is 2.37 bits per heavy atom. The van der Waals surface area contributed by atoms with Gasteiger partial charge in [0.15, 0.2) is 5.11 Å². The molecule has 9 nitrogen and oxygen atoms in total. The second kappa shape index (κ2) is 10.1. The molecule has 0 amide bonds. The number of thiocarbonyl (C=S) groups is 1. The van der Waals surface area contributed by atoms with E-state index >= 15 is 0 Å². The first kappa shape index (κ1) is 25.2. The first-order valence-corrected chi connectivity index (χ1v) is 12.4. The van der Waals surface area contributed by atoms with Gasteiger partial charge in [-0.3, -0.25) is 15.1 Å². The molecule has 4 aromatic rings. The van der Waals surface area contributed by atoms with Crippen LogP contribution in [-0.2, 0) is 0 Å². The number of anilines is 1. The first-order chi connectivity index (χ1) is 18.3. The number of non-ortho nitro benzene ring substituents is 1. The number of aryl methyl sites for hydroxylation is 1. The molecule has 1 saturated heterocycles. The average Bonchev–Trinajstić information content (AvgIpc) is 3.43. The van der Waals surface area contributed by atoms with Crippen LogP contribution in [0.2, 0.25) is 0 Å². The van der Waals surface area contributed by atoms with Crippen LogP contribution in [0.15, 0.2) is 72.9 Å². The molecule has 1 fully saturated rings. The Labute approximate surface area is 225 Å². The molecule has 194 valence electrons. The number of pyridine rings is 1. The van der Waals surface area contributed by atoms with Crippen LogP contribution in [0.5, 0.6) is 11.5 Å². The van der Waals surface area contributed by atoms with Crippen LogP contribution >= 0.6 is 12.2 Å². The van der Waals surface area contributed by atoms with Gasteiger partial charge in [-0.1, -0.05) is 18.2 Å². The first-order valence-electron chi connectivity index (χ1n) is 12.0. The molecule has 3 heterocycles. The van der Waals surface area contributed by atoms with Crippen LogP contribution in [-0.4, -0.2) is 33.8 Å². The lowest BCUT2D eigenvalue weighted by molar-refractivity contribution is -0.384. The molecule has 2 aromatic heterocycles. The van der Waals surface area contributed by atoms with Gasteiger partial charge in [-0.05, 0) is 68.0 Å². The zero-order chi connectivity index (χ0) is 27.0. The highest BCUT2D eigenvalue weighted by Crippen LogP contribution is 2.46. The predicted octanol–water partition coefficient (Wildman–Crippen LogP) is 5.59. The van der Waals surface area contributed by atoms with Crippen LogP contribution in [0.4, 0.5) is 11.4 Å². The molecule has 0 spiro atoms. The molecule has 1 N–H and O–H groups in total. The van der Waals surface area contributed by atoms with E-state index in [0.717, 1.165) is 28.3 Å². The topological polar surface area (TPSA) is 94.7 Å². The van der Waals surface area contributed by atoms with E-state index in [1.54, 1.807) is 26.5 Å². The monoisotopic (exact) mass is 529 g/mol. The van der Waals surface area contributed by atoms with Crippen molar-refractivity contribution < 1.29 is 14.4 Å². The van der Waals surface area contributed by atoms with Gasteiger partial charge < -0.3 is 24.3 Å². The van der Waals surface area contributed by atoms with Crippen LogP contribution in [0, 0.1) is 24.0 Å². The number of methoxy groups -OCH3 is 2. The molecule has 0 aliphatic carbocycles. The minimum atomic E-state index is -0.405. The summed E-state index contributed by atoms with van der Waals surface area (Å²) in [7, 11) is 3.19. The maximum absolute atomic E-state index is 11.6. The van der Waals surface area contributed by atoms with E-state index in [2.05, 4.69) is 21.3 Å². The number of rotatable bonds is 7. The quantitative estimate of drug-likeness (QED) is 0.188. The van der Waals surface area contributed by atoms with Gasteiger partial charge in [0.1, 0.15) is 11.5 Å². The highest BCUT2D eigenvalue weighted by molar-refractivity contribution is 7.80. The third-order valence-electron chi connectivity index (χ3n) is 6.85. The number of ether oxygens (including phenoxy) is 2. The summed E-state index contributed by atoms with van der Waals surface area (Å²) in [6.45, 7) is 3.97. The predicted molar refractivity (Wildman–Crippen MR) is 149 cm³/mol. The zero-order valence-corrected chi connectivity index (χ0v) is 22.2. The van der Waals surface area contributed by atoms with Gasteiger partial charge in [-0.25, -0.2) is 0 Å². The molecule has 2 atom stereocenters. The van der Waals surface area contributed by atoms with Gasteiger partial charge in [0.05, 0.1) is 48.3 Å². The smallest absolute Gasteiger partial charge is 0.271 e. The molecule has 0 saturated carbocycles. The largest absolute Gasteiger partial charge is 0.495 e. The highest BCUT2D eigenvalue weighted by Gasteiger charge is 2.43. The lowest BCUT2D eigenvalue weighted by atomic mass is 9.96. The third kappa shape index (κ3) is 4.22. The molecule has 2 aromatic carbocycles. The number of nitro groups is 1. The Bertz CT molecular complexity index is 1520. The number of hydrogen-bond acceptors (Lipinski definition) is 6. The fraction of sp³-hybridized carbons (Fsp3) is 0.214. The van der Waals surface area contributed by atoms with Crippen LogP contribution in [0.3, 0.4) is 0 Å². The average molecular weight is 530 g/mol. The minimum absolute atomic E-state index is 0.0134. The van der Waals surface area contributed by atoms with Crippen molar-refractivity contribution in [3.63, 3.8) is 0 Å². The minimum Gasteiger partial charge on any atom is -0.495 e. The number of nitrogens with zero attached hydrogens (tertiary/aromatic N) is 4. The molecule has 2 unspecified atom stereocenters. The van der Waals surface area contributed by atoms with E-state index in [-0.39, 0.29) is 17.8 Å². The third-order valence-corrected chi connectivity index (χ3v) is 7.16. The lowest BCUT2D eigenvalue weighted by Gasteiger charge is -2.29. The molecular weight excluding hydrogens is 502 g/mol. The van der Waals surface area contributed by atoms with Crippen molar-refractivity contribution in [1.82, 2.24) is 14.9 Å². The Morgan fingerprint density at radius 1 is 0.974 bits per heavy atom. The Kier molecular flexibility index (Phi) is 6.73. The van der Waals surface area contributed by atoms with E-state index in [1.807, 2.05) is 60.9 Å². The summed E-state index contributed by atoms with van der Waals surface area (Å²) >= 11 is 5.88. The maximum atomic E-state index is 11.6. The second-order valence-corrected chi connectivity index (χ2v) is 9.33. The summed E-state index contributed by atoms with van der Waals surface area (Å²) in [5.41, 5.74) is 5.04.